The molecule has 3 rings (SSSR count). The van der Waals surface area contributed by atoms with E-state index in [4.69, 9.17) is 19.5 Å². The maximum absolute atomic E-state index is 6.70. The van der Waals surface area contributed by atoms with Crippen molar-refractivity contribution in [3.8, 4) is 11.5 Å². The second kappa shape index (κ2) is 13.2. The summed E-state index contributed by atoms with van der Waals surface area (Å²) in [7, 11) is 0. The van der Waals surface area contributed by atoms with Crippen LogP contribution >= 0.6 is 0 Å². The third-order valence-electron chi connectivity index (χ3n) is 8.18. The van der Waals surface area contributed by atoms with Crippen LogP contribution in [0.15, 0.2) is 34.3 Å². The van der Waals surface area contributed by atoms with E-state index in [1.165, 1.54) is 35.1 Å². The number of rotatable bonds is 6. The van der Waals surface area contributed by atoms with Crippen LogP contribution in [0.4, 0.5) is 0 Å². The molecule has 4 heteroatoms. The molecule has 2 atom stereocenters. The Labute approximate surface area is 276 Å². The highest BCUT2D eigenvalue weighted by Crippen LogP contribution is 2.40. The van der Waals surface area contributed by atoms with Gasteiger partial charge in [-0.1, -0.05) is 87.3 Å². The Morgan fingerprint density at radius 3 is 1.33 bits per heavy atom. The Bertz CT molecular complexity index is 1380. The van der Waals surface area contributed by atoms with Crippen LogP contribution in [-0.2, 0) is 16.2 Å². The van der Waals surface area contributed by atoms with E-state index in [9.17, 15) is 0 Å². The van der Waals surface area contributed by atoms with Crippen molar-refractivity contribution in [1.82, 2.24) is 0 Å². The molecule has 0 aromatic heterocycles. The zero-order chi connectivity index (χ0) is 34.2. The molecule has 0 N–H and O–H groups in total. The SMILES string of the molecule is Cc1cc(/C=N/C2CCCCC2/N=C/c2cc(C(C)(C)C)cc(C(C)(C)C)c2OC(C)(C)C)c(OC(C)(C)C)c(C(C)(C)C)c1. The lowest BCUT2D eigenvalue weighted by Gasteiger charge is -2.32. The summed E-state index contributed by atoms with van der Waals surface area (Å²) >= 11 is 0. The number of ether oxygens (including phenoxy) is 2. The molecule has 0 spiro atoms. The highest BCUT2D eigenvalue weighted by Gasteiger charge is 2.30. The van der Waals surface area contributed by atoms with Gasteiger partial charge in [0, 0.05) is 34.7 Å². The van der Waals surface area contributed by atoms with Gasteiger partial charge in [-0.25, -0.2) is 0 Å². The molecule has 0 saturated heterocycles. The largest absolute Gasteiger partial charge is 0.487 e. The standard InChI is InChI=1S/C41H64N2O2/c1-27-21-28(35(44-40(11,12)13)31(22-27)38(5,6)7)25-42-33-19-17-18-20-34(33)43-26-29-23-30(37(2,3)4)24-32(39(8,9)10)36(29)45-41(14,15)16/h21-26,33-34H,17-20H2,1-16H3/b42-25+,43-26+. The minimum atomic E-state index is -0.323. The van der Waals surface area contributed by atoms with Gasteiger partial charge in [0.1, 0.15) is 22.7 Å². The highest BCUT2D eigenvalue weighted by molar-refractivity contribution is 5.86. The average molecular weight is 617 g/mol. The predicted octanol–water partition coefficient (Wildman–Crippen LogP) is 11.1. The van der Waals surface area contributed by atoms with Crippen molar-refractivity contribution in [2.24, 2.45) is 9.98 Å². The van der Waals surface area contributed by atoms with Crippen LogP contribution in [0.2, 0.25) is 0 Å². The van der Waals surface area contributed by atoms with Crippen molar-refractivity contribution in [3.05, 3.63) is 57.6 Å². The number of nitrogens with zero attached hydrogens (tertiary/aromatic N) is 2. The van der Waals surface area contributed by atoms with Gasteiger partial charge in [-0.05, 0) is 101 Å². The molecule has 45 heavy (non-hydrogen) atoms. The smallest absolute Gasteiger partial charge is 0.132 e. The van der Waals surface area contributed by atoms with Crippen LogP contribution in [0, 0.1) is 6.92 Å². The van der Waals surface area contributed by atoms with Crippen molar-refractivity contribution >= 4 is 12.4 Å². The van der Waals surface area contributed by atoms with Crippen LogP contribution in [0.25, 0.3) is 0 Å². The first-order valence-corrected chi connectivity index (χ1v) is 17.1. The summed E-state index contributed by atoms with van der Waals surface area (Å²) in [6.07, 6.45) is 8.56. The Balaban J connectivity index is 2.10. The van der Waals surface area contributed by atoms with Gasteiger partial charge >= 0.3 is 0 Å². The van der Waals surface area contributed by atoms with E-state index < -0.39 is 0 Å². The monoisotopic (exact) mass is 616 g/mol. The topological polar surface area (TPSA) is 43.2 Å². The average Bonchev–Trinajstić information content (AvgIpc) is 2.84. The zero-order valence-corrected chi connectivity index (χ0v) is 31.7. The van der Waals surface area contributed by atoms with E-state index in [-0.39, 0.29) is 39.5 Å². The minimum Gasteiger partial charge on any atom is -0.487 e. The molecule has 1 aliphatic carbocycles. The molecule has 250 valence electrons. The van der Waals surface area contributed by atoms with Crippen molar-refractivity contribution in [3.63, 3.8) is 0 Å². The lowest BCUT2D eigenvalue weighted by molar-refractivity contribution is 0.127. The fraction of sp³-hybridized carbons (Fsp3) is 0.659. The van der Waals surface area contributed by atoms with E-state index in [2.05, 4.69) is 147 Å². The molecule has 1 fully saturated rings. The normalized spacial score (nSPS) is 19.0. The summed E-state index contributed by atoms with van der Waals surface area (Å²) in [5.41, 5.74) is 6.33. The molecule has 0 bridgehead atoms. The van der Waals surface area contributed by atoms with Crippen molar-refractivity contribution in [2.75, 3.05) is 0 Å². The summed E-state index contributed by atoms with van der Waals surface area (Å²) in [5.74, 6) is 1.89. The van der Waals surface area contributed by atoms with Crippen molar-refractivity contribution in [1.29, 1.82) is 0 Å². The molecule has 1 saturated carbocycles. The maximum Gasteiger partial charge on any atom is 0.132 e. The van der Waals surface area contributed by atoms with Gasteiger partial charge in [-0.2, -0.15) is 0 Å². The van der Waals surface area contributed by atoms with Gasteiger partial charge in [-0.15, -0.1) is 0 Å². The Hall–Kier alpha value is -2.62. The van der Waals surface area contributed by atoms with Crippen molar-refractivity contribution in [2.45, 2.75) is 176 Å². The predicted molar refractivity (Wildman–Crippen MR) is 196 cm³/mol. The summed E-state index contributed by atoms with van der Waals surface area (Å²) < 4.78 is 13.3. The van der Waals surface area contributed by atoms with E-state index in [1.54, 1.807) is 0 Å². The number of aryl methyl sites for hydroxylation is 1. The van der Waals surface area contributed by atoms with Gasteiger partial charge in [0.15, 0.2) is 0 Å². The lowest BCUT2D eigenvalue weighted by atomic mass is 9.79. The van der Waals surface area contributed by atoms with Gasteiger partial charge in [0.25, 0.3) is 0 Å². The molecule has 1 aliphatic rings. The Morgan fingerprint density at radius 2 is 0.956 bits per heavy atom. The Morgan fingerprint density at radius 1 is 0.556 bits per heavy atom. The van der Waals surface area contributed by atoms with Gasteiger partial charge in [0.2, 0.25) is 0 Å². The second-order valence-electron chi connectivity index (χ2n) is 18.3. The fourth-order valence-corrected chi connectivity index (χ4v) is 5.82. The molecule has 0 aliphatic heterocycles. The molecule has 2 unspecified atom stereocenters. The molecular formula is C41H64N2O2. The molecule has 2 aromatic rings. The molecule has 0 radical (unpaired) electrons. The Kier molecular flexibility index (Phi) is 10.8. The van der Waals surface area contributed by atoms with Gasteiger partial charge < -0.3 is 9.47 Å². The van der Waals surface area contributed by atoms with Crippen LogP contribution in [0.3, 0.4) is 0 Å². The van der Waals surface area contributed by atoms with Gasteiger partial charge in [-0.3, -0.25) is 9.98 Å². The first-order valence-electron chi connectivity index (χ1n) is 17.1. The van der Waals surface area contributed by atoms with Crippen LogP contribution in [0.5, 0.6) is 11.5 Å². The summed E-state index contributed by atoms with van der Waals surface area (Å²) in [4.78, 5) is 10.5. The van der Waals surface area contributed by atoms with Crippen LogP contribution in [0.1, 0.15) is 163 Å². The first kappa shape index (κ1) is 36.8. The highest BCUT2D eigenvalue weighted by atomic mass is 16.5. The third kappa shape index (κ3) is 10.4. The zero-order valence-electron chi connectivity index (χ0n) is 31.7. The molecule has 4 nitrogen and oxygen atoms in total. The third-order valence-corrected chi connectivity index (χ3v) is 8.18. The number of hydrogen-bond donors (Lipinski definition) is 0. The number of aliphatic imine (C=N–C) groups is 2. The number of benzene rings is 2. The van der Waals surface area contributed by atoms with E-state index in [0.717, 1.165) is 35.5 Å². The van der Waals surface area contributed by atoms with Crippen LogP contribution in [-0.4, -0.2) is 35.7 Å². The minimum absolute atomic E-state index is 0.00702. The lowest BCUT2D eigenvalue weighted by Crippen LogP contribution is -2.29. The van der Waals surface area contributed by atoms with Crippen LogP contribution < -0.4 is 9.47 Å². The van der Waals surface area contributed by atoms with E-state index in [0.29, 0.717) is 0 Å². The number of hydrogen-bond acceptors (Lipinski definition) is 4. The fourth-order valence-electron chi connectivity index (χ4n) is 5.82. The van der Waals surface area contributed by atoms with Crippen molar-refractivity contribution < 1.29 is 9.47 Å². The quantitative estimate of drug-likeness (QED) is 0.303. The molecular weight excluding hydrogens is 552 g/mol. The van der Waals surface area contributed by atoms with E-state index >= 15 is 0 Å². The van der Waals surface area contributed by atoms with Gasteiger partial charge in [0.05, 0.1) is 12.1 Å². The van der Waals surface area contributed by atoms with E-state index in [1.807, 2.05) is 0 Å². The molecule has 2 aromatic carbocycles. The molecule has 0 heterocycles. The maximum atomic E-state index is 6.70. The summed E-state index contributed by atoms with van der Waals surface area (Å²) in [5, 5.41) is 0. The second-order valence-corrected chi connectivity index (χ2v) is 18.3. The first-order chi connectivity index (χ1) is 20.3. The summed E-state index contributed by atoms with van der Waals surface area (Å²) in [6.45, 7) is 35.3. The molecule has 0 amide bonds. The summed E-state index contributed by atoms with van der Waals surface area (Å²) in [6, 6.07) is 9.35.